The molecule has 24 heavy (non-hydrogen) atoms. The summed E-state index contributed by atoms with van der Waals surface area (Å²) < 4.78 is 27.3. The normalized spacial score (nSPS) is 19.3. The van der Waals surface area contributed by atoms with Crippen LogP contribution < -0.4 is 5.32 Å². The molecule has 1 aliphatic heterocycles. The maximum atomic E-state index is 12.7. The SMILES string of the molecule is Cc1ccc(S(=O)(=O)N2CCC[C@H](C(=O)NCc3cccs3)C2)s1. The van der Waals surface area contributed by atoms with Gasteiger partial charge in [0, 0.05) is 22.8 Å². The van der Waals surface area contributed by atoms with Gasteiger partial charge in [-0.2, -0.15) is 4.31 Å². The Balaban J connectivity index is 1.64. The van der Waals surface area contributed by atoms with Gasteiger partial charge in [0.1, 0.15) is 4.21 Å². The molecule has 130 valence electrons. The summed E-state index contributed by atoms with van der Waals surface area (Å²) in [5, 5.41) is 4.89. The molecule has 0 aliphatic carbocycles. The summed E-state index contributed by atoms with van der Waals surface area (Å²) >= 11 is 2.87. The number of rotatable bonds is 5. The first-order valence-corrected chi connectivity index (χ1v) is 11.0. The molecule has 2 aromatic heterocycles. The molecule has 0 unspecified atom stereocenters. The minimum Gasteiger partial charge on any atom is -0.351 e. The first kappa shape index (κ1) is 17.6. The molecule has 1 aliphatic rings. The number of hydrogen-bond acceptors (Lipinski definition) is 5. The first-order valence-electron chi connectivity index (χ1n) is 7.83. The number of thiophene rings is 2. The van der Waals surface area contributed by atoms with Crippen molar-refractivity contribution >= 4 is 38.6 Å². The highest BCUT2D eigenvalue weighted by Crippen LogP contribution is 2.28. The fourth-order valence-corrected chi connectivity index (χ4v) is 6.39. The average molecular weight is 385 g/mol. The van der Waals surface area contributed by atoms with Crippen molar-refractivity contribution in [1.82, 2.24) is 9.62 Å². The van der Waals surface area contributed by atoms with Crippen LogP contribution in [0.2, 0.25) is 0 Å². The van der Waals surface area contributed by atoms with Crippen molar-refractivity contribution in [3.63, 3.8) is 0 Å². The lowest BCUT2D eigenvalue weighted by molar-refractivity contribution is -0.126. The molecule has 0 aromatic carbocycles. The zero-order chi connectivity index (χ0) is 17.2. The first-order chi connectivity index (χ1) is 11.5. The summed E-state index contributed by atoms with van der Waals surface area (Å²) in [4.78, 5) is 14.4. The molecule has 1 atom stereocenters. The van der Waals surface area contributed by atoms with Gasteiger partial charge < -0.3 is 5.32 Å². The van der Waals surface area contributed by atoms with Gasteiger partial charge in [-0.15, -0.1) is 22.7 Å². The van der Waals surface area contributed by atoms with Crippen molar-refractivity contribution in [2.75, 3.05) is 13.1 Å². The molecule has 2 aromatic rings. The number of sulfonamides is 1. The van der Waals surface area contributed by atoms with Crippen LogP contribution in [0.5, 0.6) is 0 Å². The lowest BCUT2D eigenvalue weighted by Crippen LogP contribution is -2.45. The third kappa shape index (κ3) is 3.88. The quantitative estimate of drug-likeness (QED) is 0.862. The number of hydrogen-bond donors (Lipinski definition) is 1. The molecule has 0 saturated carbocycles. The van der Waals surface area contributed by atoms with Crippen LogP contribution in [0.1, 0.15) is 22.6 Å². The molecule has 8 heteroatoms. The van der Waals surface area contributed by atoms with E-state index in [4.69, 9.17) is 0 Å². The summed E-state index contributed by atoms with van der Waals surface area (Å²) in [5.41, 5.74) is 0. The number of carbonyl (C=O) groups is 1. The number of nitrogens with one attached hydrogen (secondary N) is 1. The molecular formula is C16H20N2O3S3. The molecule has 0 spiro atoms. The van der Waals surface area contributed by atoms with Crippen LogP contribution in [0.4, 0.5) is 0 Å². The Morgan fingerprint density at radius 1 is 1.38 bits per heavy atom. The number of nitrogens with zero attached hydrogens (tertiary/aromatic N) is 1. The fourth-order valence-electron chi connectivity index (χ4n) is 2.78. The van der Waals surface area contributed by atoms with Gasteiger partial charge >= 0.3 is 0 Å². The van der Waals surface area contributed by atoms with Crippen LogP contribution in [-0.4, -0.2) is 31.7 Å². The van der Waals surface area contributed by atoms with Crippen LogP contribution in [0.25, 0.3) is 0 Å². The second-order valence-corrected chi connectivity index (χ2v) is 10.3. The summed E-state index contributed by atoms with van der Waals surface area (Å²) in [5.74, 6) is -0.347. The van der Waals surface area contributed by atoms with E-state index >= 15 is 0 Å². The van der Waals surface area contributed by atoms with E-state index in [2.05, 4.69) is 5.32 Å². The molecule has 5 nitrogen and oxygen atoms in total. The summed E-state index contributed by atoms with van der Waals surface area (Å²) in [7, 11) is -3.49. The van der Waals surface area contributed by atoms with Crippen molar-refractivity contribution in [1.29, 1.82) is 0 Å². The monoisotopic (exact) mass is 384 g/mol. The zero-order valence-corrected chi connectivity index (χ0v) is 15.8. The summed E-state index contributed by atoms with van der Waals surface area (Å²) in [6.07, 6.45) is 1.44. The molecule has 3 heterocycles. The smallest absolute Gasteiger partial charge is 0.252 e. The van der Waals surface area contributed by atoms with Gasteiger partial charge in [-0.25, -0.2) is 8.42 Å². The van der Waals surface area contributed by atoms with E-state index < -0.39 is 10.0 Å². The second kappa shape index (κ2) is 7.35. The van der Waals surface area contributed by atoms with E-state index in [9.17, 15) is 13.2 Å². The standard InChI is InChI=1S/C16H20N2O3S3/c1-12-6-7-15(23-12)24(20,21)18-8-2-4-13(11-18)16(19)17-10-14-5-3-9-22-14/h3,5-7,9,13H,2,4,8,10-11H2,1H3,(H,17,19)/t13-/m0/s1. The predicted molar refractivity (Wildman–Crippen MR) is 96.7 cm³/mol. The van der Waals surface area contributed by atoms with Crippen LogP contribution in [0, 0.1) is 12.8 Å². The lowest BCUT2D eigenvalue weighted by atomic mass is 9.99. The molecule has 0 radical (unpaired) electrons. The van der Waals surface area contributed by atoms with Crippen LogP contribution >= 0.6 is 22.7 Å². The molecule has 1 saturated heterocycles. The van der Waals surface area contributed by atoms with Gasteiger partial charge in [0.25, 0.3) is 10.0 Å². The molecule has 3 rings (SSSR count). The predicted octanol–water partition coefficient (Wildman–Crippen LogP) is 2.84. The fraction of sp³-hybridized carbons (Fsp3) is 0.438. The lowest BCUT2D eigenvalue weighted by Gasteiger charge is -2.30. The highest BCUT2D eigenvalue weighted by molar-refractivity contribution is 7.91. The van der Waals surface area contributed by atoms with Crippen molar-refractivity contribution in [3.8, 4) is 0 Å². The van der Waals surface area contributed by atoms with Gasteiger partial charge in [-0.05, 0) is 43.3 Å². The molecule has 0 bridgehead atoms. The van der Waals surface area contributed by atoms with Gasteiger partial charge in [0.2, 0.25) is 5.91 Å². The Morgan fingerprint density at radius 2 is 2.21 bits per heavy atom. The number of carbonyl (C=O) groups excluding carboxylic acids is 1. The van der Waals surface area contributed by atoms with E-state index in [0.717, 1.165) is 16.2 Å². The second-order valence-electron chi connectivity index (χ2n) is 5.86. The maximum absolute atomic E-state index is 12.7. The van der Waals surface area contributed by atoms with Crippen LogP contribution in [0.15, 0.2) is 33.9 Å². The van der Waals surface area contributed by atoms with Gasteiger partial charge in [-0.3, -0.25) is 4.79 Å². The van der Waals surface area contributed by atoms with Crippen LogP contribution in [-0.2, 0) is 21.4 Å². The Morgan fingerprint density at radius 3 is 2.88 bits per heavy atom. The van der Waals surface area contributed by atoms with E-state index in [-0.39, 0.29) is 18.4 Å². The van der Waals surface area contributed by atoms with Crippen molar-refractivity contribution < 1.29 is 13.2 Å². The van der Waals surface area contributed by atoms with Crippen molar-refractivity contribution in [2.24, 2.45) is 5.92 Å². The third-order valence-electron chi connectivity index (χ3n) is 4.08. The topological polar surface area (TPSA) is 66.5 Å². The Labute approximate surface area is 150 Å². The van der Waals surface area contributed by atoms with E-state index in [1.54, 1.807) is 17.4 Å². The van der Waals surface area contributed by atoms with E-state index in [1.165, 1.54) is 15.6 Å². The minimum atomic E-state index is -3.49. The van der Waals surface area contributed by atoms with Crippen LogP contribution in [0.3, 0.4) is 0 Å². The highest BCUT2D eigenvalue weighted by atomic mass is 32.2. The molecule has 1 amide bonds. The van der Waals surface area contributed by atoms with Crippen molar-refractivity contribution in [3.05, 3.63) is 39.4 Å². The van der Waals surface area contributed by atoms with E-state index in [1.807, 2.05) is 30.5 Å². The van der Waals surface area contributed by atoms with Gasteiger partial charge in [0.05, 0.1) is 12.5 Å². The van der Waals surface area contributed by atoms with Crippen molar-refractivity contribution in [2.45, 2.75) is 30.5 Å². The minimum absolute atomic E-state index is 0.0642. The largest absolute Gasteiger partial charge is 0.351 e. The molecular weight excluding hydrogens is 364 g/mol. The van der Waals surface area contributed by atoms with Gasteiger partial charge in [0.15, 0.2) is 0 Å². The molecule has 1 N–H and O–H groups in total. The summed E-state index contributed by atoms with van der Waals surface area (Å²) in [6.45, 7) is 3.13. The number of piperidine rings is 1. The third-order valence-corrected chi connectivity index (χ3v) is 8.29. The Kier molecular flexibility index (Phi) is 5.39. The Bertz CT molecular complexity index is 796. The Hall–Kier alpha value is -1.22. The van der Waals surface area contributed by atoms with E-state index in [0.29, 0.717) is 23.7 Å². The maximum Gasteiger partial charge on any atom is 0.252 e. The highest BCUT2D eigenvalue weighted by Gasteiger charge is 2.33. The van der Waals surface area contributed by atoms with Gasteiger partial charge in [-0.1, -0.05) is 6.07 Å². The molecule has 1 fully saturated rings. The zero-order valence-electron chi connectivity index (χ0n) is 13.4. The number of aryl methyl sites for hydroxylation is 1. The average Bonchev–Trinajstić information content (AvgIpc) is 3.24. The summed E-state index contributed by atoms with van der Waals surface area (Å²) in [6, 6.07) is 7.38. The number of amides is 1.